The van der Waals surface area contributed by atoms with Crippen molar-refractivity contribution in [3.05, 3.63) is 59.7 Å². The first-order valence-corrected chi connectivity index (χ1v) is 9.98. The second-order valence-electron chi connectivity index (χ2n) is 6.74. The van der Waals surface area contributed by atoms with Gasteiger partial charge in [0.15, 0.2) is 0 Å². The largest absolute Gasteiger partial charge is 0.497 e. The average molecular weight is 399 g/mol. The highest BCUT2D eigenvalue weighted by Crippen LogP contribution is 2.12. The Morgan fingerprint density at radius 2 is 0.966 bits per heavy atom. The predicted octanol–water partition coefficient (Wildman–Crippen LogP) is 3.81. The standard InChI is InChI=1S/C23H30N2O4/c1-28-20-12-8-18(9-13-20)22(26)24-16-6-4-3-5-7-17-25-23(27)19-10-14-21(29-2)15-11-19/h8-15H,3-7,16-17H2,1-2H3,(H,24,26)(H,25,27). The van der Waals surface area contributed by atoms with E-state index in [0.717, 1.165) is 43.6 Å². The van der Waals surface area contributed by atoms with Crippen molar-refractivity contribution in [1.82, 2.24) is 10.6 Å². The molecule has 2 rings (SSSR count). The first kappa shape index (κ1) is 22.3. The summed E-state index contributed by atoms with van der Waals surface area (Å²) < 4.78 is 10.2. The Labute approximate surface area is 172 Å². The predicted molar refractivity (Wildman–Crippen MR) is 114 cm³/mol. The lowest BCUT2D eigenvalue weighted by Crippen LogP contribution is -2.24. The third kappa shape index (κ3) is 7.86. The molecule has 0 aromatic heterocycles. The van der Waals surface area contributed by atoms with Gasteiger partial charge in [-0.15, -0.1) is 0 Å². The summed E-state index contributed by atoms with van der Waals surface area (Å²) in [6.45, 7) is 1.33. The molecule has 6 heteroatoms. The molecule has 156 valence electrons. The third-order valence-corrected chi connectivity index (χ3v) is 4.63. The Morgan fingerprint density at radius 3 is 1.31 bits per heavy atom. The normalized spacial score (nSPS) is 10.3. The van der Waals surface area contributed by atoms with Crippen molar-refractivity contribution in [1.29, 1.82) is 0 Å². The van der Waals surface area contributed by atoms with Crippen LogP contribution in [0, 0.1) is 0 Å². The van der Waals surface area contributed by atoms with Crippen LogP contribution in [0.15, 0.2) is 48.5 Å². The zero-order valence-corrected chi connectivity index (χ0v) is 17.2. The monoisotopic (exact) mass is 398 g/mol. The number of carbonyl (C=O) groups is 2. The van der Waals surface area contributed by atoms with Gasteiger partial charge in [0.2, 0.25) is 0 Å². The van der Waals surface area contributed by atoms with Gasteiger partial charge in [0.05, 0.1) is 14.2 Å². The fourth-order valence-corrected chi connectivity index (χ4v) is 2.87. The van der Waals surface area contributed by atoms with Gasteiger partial charge in [-0.25, -0.2) is 0 Å². The first-order valence-electron chi connectivity index (χ1n) is 9.98. The zero-order chi connectivity index (χ0) is 20.9. The van der Waals surface area contributed by atoms with Gasteiger partial charge < -0.3 is 20.1 Å². The van der Waals surface area contributed by atoms with Crippen molar-refractivity contribution in [2.24, 2.45) is 0 Å². The molecule has 2 amide bonds. The lowest BCUT2D eigenvalue weighted by molar-refractivity contribution is 0.0945. The summed E-state index contributed by atoms with van der Waals surface area (Å²) in [5.41, 5.74) is 1.27. The van der Waals surface area contributed by atoms with Gasteiger partial charge in [-0.05, 0) is 61.4 Å². The molecule has 0 saturated carbocycles. The van der Waals surface area contributed by atoms with Gasteiger partial charge in [0.1, 0.15) is 11.5 Å². The zero-order valence-electron chi connectivity index (χ0n) is 17.2. The minimum Gasteiger partial charge on any atom is -0.497 e. The molecule has 0 atom stereocenters. The molecule has 0 heterocycles. The van der Waals surface area contributed by atoms with Crippen LogP contribution in [0.1, 0.15) is 52.8 Å². The Balaban J connectivity index is 1.49. The highest BCUT2D eigenvalue weighted by molar-refractivity contribution is 5.94. The van der Waals surface area contributed by atoms with Gasteiger partial charge in [0.25, 0.3) is 11.8 Å². The summed E-state index contributed by atoms with van der Waals surface area (Å²) in [6, 6.07) is 14.2. The summed E-state index contributed by atoms with van der Waals surface area (Å²) in [5, 5.41) is 5.87. The fourth-order valence-electron chi connectivity index (χ4n) is 2.87. The van der Waals surface area contributed by atoms with E-state index in [1.165, 1.54) is 0 Å². The van der Waals surface area contributed by atoms with E-state index in [-0.39, 0.29) is 11.8 Å². The molecule has 0 fully saturated rings. The number of carbonyl (C=O) groups excluding carboxylic acids is 2. The maximum atomic E-state index is 12.0. The van der Waals surface area contributed by atoms with Gasteiger partial charge in [-0.2, -0.15) is 0 Å². The summed E-state index contributed by atoms with van der Waals surface area (Å²) in [4.78, 5) is 24.1. The number of hydrogen-bond acceptors (Lipinski definition) is 4. The second kappa shape index (κ2) is 12.4. The number of unbranched alkanes of at least 4 members (excludes halogenated alkanes) is 4. The van der Waals surface area contributed by atoms with Crippen molar-refractivity contribution in [3.8, 4) is 11.5 Å². The molecule has 0 spiro atoms. The first-order chi connectivity index (χ1) is 14.1. The minimum atomic E-state index is -0.0612. The van der Waals surface area contributed by atoms with Crippen LogP contribution in [0.2, 0.25) is 0 Å². The Kier molecular flexibility index (Phi) is 9.55. The minimum absolute atomic E-state index is 0.0612. The molecule has 0 aliphatic heterocycles. The SMILES string of the molecule is COc1ccc(C(=O)NCCCCCCCNC(=O)c2ccc(OC)cc2)cc1. The number of ether oxygens (including phenoxy) is 2. The summed E-state index contributed by atoms with van der Waals surface area (Å²) in [5.74, 6) is 1.35. The molecule has 0 unspecified atom stereocenters. The van der Waals surface area contributed by atoms with Crippen molar-refractivity contribution in [2.45, 2.75) is 32.1 Å². The highest BCUT2D eigenvalue weighted by Gasteiger charge is 2.05. The van der Waals surface area contributed by atoms with Crippen LogP contribution in [0.4, 0.5) is 0 Å². The van der Waals surface area contributed by atoms with Crippen LogP contribution in [0.25, 0.3) is 0 Å². The molecule has 0 aliphatic rings. The van der Waals surface area contributed by atoms with Gasteiger partial charge >= 0.3 is 0 Å². The number of nitrogens with one attached hydrogen (secondary N) is 2. The van der Waals surface area contributed by atoms with Crippen molar-refractivity contribution < 1.29 is 19.1 Å². The highest BCUT2D eigenvalue weighted by atomic mass is 16.5. The Morgan fingerprint density at radius 1 is 0.621 bits per heavy atom. The smallest absolute Gasteiger partial charge is 0.251 e. The summed E-state index contributed by atoms with van der Waals surface area (Å²) in [7, 11) is 3.20. The van der Waals surface area contributed by atoms with E-state index < -0.39 is 0 Å². The van der Waals surface area contributed by atoms with Crippen molar-refractivity contribution in [2.75, 3.05) is 27.3 Å². The lowest BCUT2D eigenvalue weighted by atomic mass is 10.1. The summed E-state index contributed by atoms with van der Waals surface area (Å²) in [6.07, 6.45) is 5.07. The second-order valence-corrected chi connectivity index (χ2v) is 6.74. The van der Waals surface area contributed by atoms with E-state index in [9.17, 15) is 9.59 Å². The number of methoxy groups -OCH3 is 2. The Hall–Kier alpha value is -3.02. The van der Waals surface area contributed by atoms with Crippen molar-refractivity contribution >= 4 is 11.8 Å². The number of amides is 2. The molecule has 2 aromatic rings. The Bertz CT molecular complexity index is 692. The molecule has 29 heavy (non-hydrogen) atoms. The molecule has 2 aromatic carbocycles. The van der Waals surface area contributed by atoms with E-state index in [1.54, 1.807) is 62.8 Å². The maximum Gasteiger partial charge on any atom is 0.251 e. The molecular weight excluding hydrogens is 368 g/mol. The quantitative estimate of drug-likeness (QED) is 0.533. The van der Waals surface area contributed by atoms with Crippen molar-refractivity contribution in [3.63, 3.8) is 0 Å². The van der Waals surface area contributed by atoms with E-state index >= 15 is 0 Å². The molecule has 6 nitrogen and oxygen atoms in total. The van der Waals surface area contributed by atoms with Crippen LogP contribution in [0.3, 0.4) is 0 Å². The summed E-state index contributed by atoms with van der Waals surface area (Å²) >= 11 is 0. The van der Waals surface area contributed by atoms with Crippen LogP contribution in [-0.4, -0.2) is 39.1 Å². The van der Waals surface area contributed by atoms with Gasteiger partial charge in [0, 0.05) is 24.2 Å². The number of benzene rings is 2. The van der Waals surface area contributed by atoms with Crippen LogP contribution in [-0.2, 0) is 0 Å². The average Bonchev–Trinajstić information content (AvgIpc) is 2.77. The van der Waals surface area contributed by atoms with E-state index in [1.807, 2.05) is 0 Å². The van der Waals surface area contributed by atoms with Gasteiger partial charge in [-0.1, -0.05) is 19.3 Å². The van der Waals surface area contributed by atoms with Crippen LogP contribution >= 0.6 is 0 Å². The lowest BCUT2D eigenvalue weighted by Gasteiger charge is -2.07. The fraction of sp³-hybridized carbons (Fsp3) is 0.391. The number of hydrogen-bond donors (Lipinski definition) is 2. The van der Waals surface area contributed by atoms with E-state index in [2.05, 4.69) is 10.6 Å². The molecule has 0 bridgehead atoms. The molecular formula is C23H30N2O4. The molecule has 0 aliphatic carbocycles. The van der Waals surface area contributed by atoms with Crippen LogP contribution in [0.5, 0.6) is 11.5 Å². The maximum absolute atomic E-state index is 12.0. The molecule has 0 radical (unpaired) electrons. The number of rotatable bonds is 12. The van der Waals surface area contributed by atoms with E-state index in [0.29, 0.717) is 24.2 Å². The van der Waals surface area contributed by atoms with Crippen LogP contribution < -0.4 is 20.1 Å². The third-order valence-electron chi connectivity index (χ3n) is 4.63. The molecule has 2 N–H and O–H groups in total. The molecule has 0 saturated heterocycles. The van der Waals surface area contributed by atoms with E-state index in [4.69, 9.17) is 9.47 Å². The topological polar surface area (TPSA) is 76.7 Å². The van der Waals surface area contributed by atoms with Gasteiger partial charge in [-0.3, -0.25) is 9.59 Å².